The van der Waals surface area contributed by atoms with Crippen molar-refractivity contribution in [1.29, 1.82) is 0 Å². The molecule has 2 heterocycles. The number of ketones is 1. The Morgan fingerprint density at radius 3 is 2.57 bits per heavy atom. The number of hydrogen-bond acceptors (Lipinski definition) is 6. The summed E-state index contributed by atoms with van der Waals surface area (Å²) >= 11 is 0. The quantitative estimate of drug-likeness (QED) is 0.828. The first kappa shape index (κ1) is 18.0. The molecule has 0 saturated carbocycles. The third-order valence-corrected chi connectivity index (χ3v) is 5.23. The lowest BCUT2D eigenvalue weighted by Crippen LogP contribution is -2.33. The van der Waals surface area contributed by atoms with Crippen LogP contribution in [0.25, 0.3) is 0 Å². The highest BCUT2D eigenvalue weighted by molar-refractivity contribution is 6.03. The van der Waals surface area contributed by atoms with Gasteiger partial charge in [-0.05, 0) is 23.1 Å². The zero-order valence-electron chi connectivity index (χ0n) is 15.4. The molecule has 0 spiro atoms. The number of hydrogen-bond donors (Lipinski definition) is 1. The van der Waals surface area contributed by atoms with Gasteiger partial charge in [-0.2, -0.15) is 0 Å². The lowest BCUT2D eigenvalue weighted by atomic mass is 9.73. The van der Waals surface area contributed by atoms with E-state index in [9.17, 15) is 9.59 Å². The smallest absolute Gasteiger partial charge is 0.340 e. The summed E-state index contributed by atoms with van der Waals surface area (Å²) in [6.45, 7) is 0. The Bertz CT molecular complexity index is 980. The number of aromatic nitrogens is 1. The van der Waals surface area contributed by atoms with Crippen LogP contribution >= 0.6 is 0 Å². The van der Waals surface area contributed by atoms with Gasteiger partial charge in [-0.1, -0.05) is 36.4 Å². The fraction of sp³-hybridized carbons (Fsp3) is 0.227. The van der Waals surface area contributed by atoms with Gasteiger partial charge in [-0.25, -0.2) is 4.79 Å². The summed E-state index contributed by atoms with van der Waals surface area (Å²) in [6, 6.07) is 13.4. The first-order valence-corrected chi connectivity index (χ1v) is 9.07. The SMILES string of the molecule is COC(=O)C1=C(N)OC2=C(C(=O)C[C@H](c3ccccc3)C2)[C@@H]1c1cccnc1. The highest BCUT2D eigenvalue weighted by Gasteiger charge is 2.43. The van der Waals surface area contributed by atoms with E-state index < -0.39 is 11.9 Å². The number of Topliss-reactive ketones (excluding diaryl/α,β-unsaturated/α-hetero) is 1. The normalized spacial score (nSPS) is 21.8. The van der Waals surface area contributed by atoms with Crippen molar-refractivity contribution in [3.63, 3.8) is 0 Å². The molecule has 6 nitrogen and oxygen atoms in total. The first-order chi connectivity index (χ1) is 13.6. The molecule has 1 aliphatic heterocycles. The Morgan fingerprint density at radius 1 is 1.14 bits per heavy atom. The Balaban J connectivity index is 1.81. The largest absolute Gasteiger partial charge is 0.465 e. The van der Waals surface area contributed by atoms with Crippen LogP contribution in [-0.4, -0.2) is 23.8 Å². The number of methoxy groups -OCH3 is 1. The van der Waals surface area contributed by atoms with Crippen molar-refractivity contribution in [2.45, 2.75) is 24.7 Å². The average Bonchev–Trinajstić information content (AvgIpc) is 2.73. The molecule has 2 N–H and O–H groups in total. The molecule has 1 aromatic carbocycles. The number of ether oxygens (including phenoxy) is 2. The van der Waals surface area contributed by atoms with Crippen LogP contribution in [0.5, 0.6) is 0 Å². The molecule has 2 atom stereocenters. The van der Waals surface area contributed by atoms with Gasteiger partial charge in [0.15, 0.2) is 5.78 Å². The molecule has 2 aliphatic rings. The molecule has 6 heteroatoms. The van der Waals surface area contributed by atoms with Crippen molar-refractivity contribution >= 4 is 11.8 Å². The lowest BCUT2D eigenvalue weighted by molar-refractivity contribution is -0.136. The van der Waals surface area contributed by atoms with E-state index in [1.54, 1.807) is 18.5 Å². The van der Waals surface area contributed by atoms with Crippen molar-refractivity contribution in [3.8, 4) is 0 Å². The second-order valence-corrected chi connectivity index (χ2v) is 6.87. The standard InChI is InChI=1S/C22H20N2O4/c1-27-22(26)20-18(14-8-5-9-24-12-14)19-16(25)10-15(11-17(19)28-21(20)23)13-6-3-2-4-7-13/h2-9,12,15,18H,10-11,23H2,1H3/t15-,18-/m0/s1. The Kier molecular flexibility index (Phi) is 4.69. The molecule has 0 saturated heterocycles. The van der Waals surface area contributed by atoms with Gasteiger partial charge < -0.3 is 15.2 Å². The zero-order valence-corrected chi connectivity index (χ0v) is 15.4. The van der Waals surface area contributed by atoms with Crippen LogP contribution in [0.1, 0.15) is 35.8 Å². The molecule has 0 fully saturated rings. The average molecular weight is 376 g/mol. The minimum absolute atomic E-state index is 0.00877. The van der Waals surface area contributed by atoms with Gasteiger partial charge in [-0.15, -0.1) is 0 Å². The zero-order chi connectivity index (χ0) is 19.7. The highest BCUT2D eigenvalue weighted by atomic mass is 16.5. The minimum Gasteiger partial charge on any atom is -0.465 e. The van der Waals surface area contributed by atoms with Crippen molar-refractivity contribution in [3.05, 3.63) is 88.8 Å². The third kappa shape index (κ3) is 3.07. The van der Waals surface area contributed by atoms with Crippen LogP contribution in [-0.2, 0) is 19.1 Å². The number of carbonyl (C=O) groups is 2. The van der Waals surface area contributed by atoms with Crippen LogP contribution in [0, 0.1) is 0 Å². The second-order valence-electron chi connectivity index (χ2n) is 6.87. The van der Waals surface area contributed by atoms with E-state index in [1.807, 2.05) is 36.4 Å². The summed E-state index contributed by atoms with van der Waals surface area (Å²) in [4.78, 5) is 29.8. The topological polar surface area (TPSA) is 91.5 Å². The Hall–Kier alpha value is -3.41. The molecule has 4 rings (SSSR count). The number of allylic oxidation sites excluding steroid dienone is 2. The number of nitrogens with zero attached hydrogens (tertiary/aromatic N) is 1. The maximum atomic E-state index is 13.2. The van der Waals surface area contributed by atoms with Crippen LogP contribution in [0.3, 0.4) is 0 Å². The molecule has 0 amide bonds. The molecule has 2 aromatic rings. The molecule has 142 valence electrons. The number of pyridine rings is 1. The lowest BCUT2D eigenvalue weighted by Gasteiger charge is -2.34. The maximum absolute atomic E-state index is 13.2. The predicted octanol–water partition coefficient (Wildman–Crippen LogP) is 2.94. The molecule has 28 heavy (non-hydrogen) atoms. The van der Waals surface area contributed by atoms with E-state index >= 15 is 0 Å². The fourth-order valence-electron chi connectivity index (χ4n) is 3.96. The number of benzene rings is 1. The van der Waals surface area contributed by atoms with Crippen LogP contribution in [0.15, 0.2) is 77.6 Å². The third-order valence-electron chi connectivity index (χ3n) is 5.23. The molecular weight excluding hydrogens is 356 g/mol. The van der Waals surface area contributed by atoms with E-state index in [-0.39, 0.29) is 23.2 Å². The van der Waals surface area contributed by atoms with Crippen molar-refractivity contribution in [2.24, 2.45) is 5.73 Å². The Morgan fingerprint density at radius 2 is 1.89 bits per heavy atom. The van der Waals surface area contributed by atoms with Gasteiger partial charge in [0.1, 0.15) is 11.3 Å². The van der Waals surface area contributed by atoms with E-state index in [1.165, 1.54) is 7.11 Å². The van der Waals surface area contributed by atoms with Gasteiger partial charge in [0.05, 0.1) is 13.0 Å². The second kappa shape index (κ2) is 7.31. The molecule has 1 aromatic heterocycles. The fourth-order valence-corrected chi connectivity index (χ4v) is 3.96. The number of carbonyl (C=O) groups excluding carboxylic acids is 2. The summed E-state index contributed by atoms with van der Waals surface area (Å²) in [7, 11) is 1.28. The number of esters is 1. The van der Waals surface area contributed by atoms with Crippen molar-refractivity contribution in [1.82, 2.24) is 4.98 Å². The first-order valence-electron chi connectivity index (χ1n) is 9.07. The highest BCUT2D eigenvalue weighted by Crippen LogP contribution is 2.46. The molecule has 1 aliphatic carbocycles. The van der Waals surface area contributed by atoms with E-state index in [2.05, 4.69) is 4.98 Å². The summed E-state index contributed by atoms with van der Waals surface area (Å²) < 4.78 is 10.7. The van der Waals surface area contributed by atoms with Crippen LogP contribution < -0.4 is 5.73 Å². The maximum Gasteiger partial charge on any atom is 0.340 e. The molecule has 0 radical (unpaired) electrons. The molecular formula is C22H20N2O4. The van der Waals surface area contributed by atoms with Gasteiger partial charge in [0.25, 0.3) is 0 Å². The van der Waals surface area contributed by atoms with Crippen LogP contribution in [0.2, 0.25) is 0 Å². The van der Waals surface area contributed by atoms with E-state index in [0.717, 1.165) is 5.56 Å². The minimum atomic E-state index is -0.644. The van der Waals surface area contributed by atoms with Crippen LogP contribution in [0.4, 0.5) is 0 Å². The number of rotatable bonds is 3. The monoisotopic (exact) mass is 376 g/mol. The van der Waals surface area contributed by atoms with Gasteiger partial charge in [-0.3, -0.25) is 9.78 Å². The van der Waals surface area contributed by atoms with Crippen molar-refractivity contribution in [2.75, 3.05) is 7.11 Å². The van der Waals surface area contributed by atoms with Gasteiger partial charge in [0, 0.05) is 30.8 Å². The summed E-state index contributed by atoms with van der Waals surface area (Å²) in [5.74, 6) is -0.817. The van der Waals surface area contributed by atoms with E-state index in [0.29, 0.717) is 29.7 Å². The summed E-state index contributed by atoms with van der Waals surface area (Å²) in [5.41, 5.74) is 8.49. The number of nitrogens with two attached hydrogens (primary N) is 1. The summed E-state index contributed by atoms with van der Waals surface area (Å²) in [6.07, 6.45) is 4.15. The predicted molar refractivity (Wildman–Crippen MR) is 102 cm³/mol. The van der Waals surface area contributed by atoms with Gasteiger partial charge in [0.2, 0.25) is 5.88 Å². The molecule has 0 bridgehead atoms. The van der Waals surface area contributed by atoms with E-state index in [4.69, 9.17) is 15.2 Å². The summed E-state index contributed by atoms with van der Waals surface area (Å²) in [5, 5.41) is 0. The van der Waals surface area contributed by atoms with Gasteiger partial charge >= 0.3 is 5.97 Å². The van der Waals surface area contributed by atoms with Crippen molar-refractivity contribution < 1.29 is 19.1 Å². The molecule has 0 unspecified atom stereocenters. The Labute approximate surface area is 162 Å².